The normalized spacial score (nSPS) is 14.9. The zero-order valence-electron chi connectivity index (χ0n) is 8.18. The van der Waals surface area contributed by atoms with E-state index in [0.29, 0.717) is 12.2 Å². The molecule has 80 valence electrons. The number of rotatable bonds is 1. The zero-order chi connectivity index (χ0) is 11.0. The van der Waals surface area contributed by atoms with Crippen LogP contribution in [-0.4, -0.2) is 19.0 Å². The van der Waals surface area contributed by atoms with E-state index in [9.17, 15) is 13.6 Å². The Morgan fingerprint density at radius 3 is 2.87 bits per heavy atom. The van der Waals surface area contributed by atoms with Gasteiger partial charge in [0.25, 0.3) is 0 Å². The number of nitrogens with one attached hydrogen (secondary N) is 1. The Morgan fingerprint density at radius 2 is 2.20 bits per heavy atom. The van der Waals surface area contributed by atoms with E-state index < -0.39 is 11.6 Å². The molecule has 0 fully saturated rings. The lowest BCUT2D eigenvalue weighted by Crippen LogP contribution is -2.38. The first-order valence-electron chi connectivity index (χ1n) is 4.66. The van der Waals surface area contributed by atoms with Crippen molar-refractivity contribution in [1.29, 1.82) is 0 Å². The van der Waals surface area contributed by atoms with Crippen LogP contribution in [0.5, 0.6) is 0 Å². The third-order valence-electron chi connectivity index (χ3n) is 2.38. The maximum Gasteiger partial charge on any atom is 0.243 e. The fraction of sp³-hybridized carbons (Fsp3) is 0.300. The van der Waals surface area contributed by atoms with Gasteiger partial charge in [0, 0.05) is 6.54 Å². The number of likely N-dealkylation sites (N-methyl/N-ethyl adjacent to an activating group) is 1. The molecule has 1 aromatic rings. The molecule has 1 aliphatic heterocycles. The van der Waals surface area contributed by atoms with Crippen molar-refractivity contribution in [3.63, 3.8) is 0 Å². The van der Waals surface area contributed by atoms with Gasteiger partial charge in [-0.2, -0.15) is 0 Å². The summed E-state index contributed by atoms with van der Waals surface area (Å²) in [6.07, 6.45) is 0. The number of halogens is 2. The molecule has 1 aromatic carbocycles. The first-order valence-corrected chi connectivity index (χ1v) is 4.66. The first-order chi connectivity index (χ1) is 7.13. The number of fused-ring (bicyclic) bond motifs is 1. The maximum absolute atomic E-state index is 13.5. The third-order valence-corrected chi connectivity index (χ3v) is 2.38. The number of amides is 1. The van der Waals surface area contributed by atoms with Crippen molar-refractivity contribution in [1.82, 2.24) is 0 Å². The molecule has 0 aromatic heterocycles. The summed E-state index contributed by atoms with van der Waals surface area (Å²) in [6.45, 7) is 2.30. The Balaban J connectivity index is 2.57. The first kappa shape index (κ1) is 9.89. The molecule has 0 unspecified atom stereocenters. The van der Waals surface area contributed by atoms with E-state index in [2.05, 4.69) is 5.32 Å². The molecular weight excluding hydrogens is 202 g/mol. The number of benzene rings is 1. The van der Waals surface area contributed by atoms with Crippen molar-refractivity contribution in [3.05, 3.63) is 23.8 Å². The van der Waals surface area contributed by atoms with Crippen LogP contribution in [0.1, 0.15) is 6.92 Å². The molecular formula is C10H10F2N2O. The van der Waals surface area contributed by atoms with Crippen LogP contribution in [0, 0.1) is 11.6 Å². The van der Waals surface area contributed by atoms with Gasteiger partial charge < -0.3 is 10.2 Å². The highest BCUT2D eigenvalue weighted by Gasteiger charge is 2.25. The lowest BCUT2D eigenvalue weighted by atomic mass is 10.2. The van der Waals surface area contributed by atoms with Crippen LogP contribution >= 0.6 is 0 Å². The molecule has 0 spiro atoms. The van der Waals surface area contributed by atoms with E-state index >= 15 is 0 Å². The van der Waals surface area contributed by atoms with Crippen molar-refractivity contribution in [2.24, 2.45) is 0 Å². The molecule has 0 radical (unpaired) electrons. The van der Waals surface area contributed by atoms with Gasteiger partial charge in [-0.3, -0.25) is 4.79 Å². The second-order valence-electron chi connectivity index (χ2n) is 3.32. The molecule has 0 aliphatic carbocycles. The third kappa shape index (κ3) is 1.54. The largest absolute Gasteiger partial charge is 0.358 e. The molecule has 0 saturated carbocycles. The van der Waals surface area contributed by atoms with Gasteiger partial charge in [0.1, 0.15) is 5.69 Å². The molecule has 1 heterocycles. The van der Waals surface area contributed by atoms with Gasteiger partial charge in [-0.15, -0.1) is 0 Å². The van der Waals surface area contributed by atoms with Crippen LogP contribution in [0.25, 0.3) is 0 Å². The summed E-state index contributed by atoms with van der Waals surface area (Å²) in [7, 11) is 0. The van der Waals surface area contributed by atoms with Crippen molar-refractivity contribution in [2.45, 2.75) is 6.92 Å². The minimum Gasteiger partial charge on any atom is -0.358 e. The van der Waals surface area contributed by atoms with Crippen LogP contribution in [0.15, 0.2) is 12.1 Å². The topological polar surface area (TPSA) is 32.3 Å². The van der Waals surface area contributed by atoms with E-state index in [1.165, 1.54) is 11.0 Å². The molecule has 15 heavy (non-hydrogen) atoms. The Morgan fingerprint density at radius 1 is 1.47 bits per heavy atom. The number of nitrogens with zero attached hydrogens (tertiary/aromatic N) is 1. The SMILES string of the molecule is CCN1CC(=O)Nc2ccc(F)c(F)c21. The molecule has 0 atom stereocenters. The van der Waals surface area contributed by atoms with Crippen molar-refractivity contribution >= 4 is 17.3 Å². The van der Waals surface area contributed by atoms with E-state index in [1.54, 1.807) is 6.92 Å². The number of hydrogen-bond acceptors (Lipinski definition) is 2. The van der Waals surface area contributed by atoms with E-state index in [-0.39, 0.29) is 18.1 Å². The number of anilines is 2. The van der Waals surface area contributed by atoms with Crippen LogP contribution in [0.2, 0.25) is 0 Å². The Labute approximate surface area is 85.7 Å². The summed E-state index contributed by atoms with van der Waals surface area (Å²) in [4.78, 5) is 12.7. The van der Waals surface area contributed by atoms with Gasteiger partial charge in [0.15, 0.2) is 11.6 Å². The fourth-order valence-corrected chi connectivity index (χ4v) is 1.66. The van der Waals surface area contributed by atoms with Crippen LogP contribution in [0.3, 0.4) is 0 Å². The lowest BCUT2D eigenvalue weighted by molar-refractivity contribution is -0.115. The second-order valence-corrected chi connectivity index (χ2v) is 3.32. The highest BCUT2D eigenvalue weighted by Crippen LogP contribution is 2.33. The fourth-order valence-electron chi connectivity index (χ4n) is 1.66. The average Bonchev–Trinajstić information content (AvgIpc) is 2.22. The van der Waals surface area contributed by atoms with Crippen LogP contribution < -0.4 is 10.2 Å². The lowest BCUT2D eigenvalue weighted by Gasteiger charge is -2.30. The summed E-state index contributed by atoms with van der Waals surface area (Å²) >= 11 is 0. The van der Waals surface area contributed by atoms with Crippen LogP contribution in [0.4, 0.5) is 20.2 Å². The summed E-state index contributed by atoms with van der Waals surface area (Å²) in [5.41, 5.74) is 0.462. The molecule has 1 amide bonds. The smallest absolute Gasteiger partial charge is 0.243 e. The van der Waals surface area contributed by atoms with Gasteiger partial charge >= 0.3 is 0 Å². The summed E-state index contributed by atoms with van der Waals surface area (Å²) in [5.74, 6) is -2.02. The monoisotopic (exact) mass is 212 g/mol. The van der Waals surface area contributed by atoms with Gasteiger partial charge in [-0.05, 0) is 19.1 Å². The average molecular weight is 212 g/mol. The Kier molecular flexibility index (Phi) is 2.30. The summed E-state index contributed by atoms with van der Waals surface area (Å²) < 4.78 is 26.5. The van der Waals surface area contributed by atoms with Gasteiger partial charge in [-0.1, -0.05) is 0 Å². The molecule has 3 nitrogen and oxygen atoms in total. The predicted octanol–water partition coefficient (Wildman–Crippen LogP) is 1.74. The predicted molar refractivity (Wildman–Crippen MR) is 52.9 cm³/mol. The molecule has 2 rings (SSSR count). The quantitative estimate of drug-likeness (QED) is 0.769. The summed E-state index contributed by atoms with van der Waals surface area (Å²) in [6, 6.07) is 2.38. The van der Waals surface area contributed by atoms with Gasteiger partial charge in [0.2, 0.25) is 5.91 Å². The number of carbonyl (C=O) groups excluding carboxylic acids is 1. The van der Waals surface area contributed by atoms with E-state index in [1.807, 2.05) is 0 Å². The van der Waals surface area contributed by atoms with E-state index in [4.69, 9.17) is 0 Å². The molecule has 0 saturated heterocycles. The Bertz CT molecular complexity index is 420. The van der Waals surface area contributed by atoms with Gasteiger partial charge in [0.05, 0.1) is 12.2 Å². The van der Waals surface area contributed by atoms with Crippen molar-refractivity contribution in [2.75, 3.05) is 23.3 Å². The van der Waals surface area contributed by atoms with Crippen molar-refractivity contribution in [3.8, 4) is 0 Å². The maximum atomic E-state index is 13.5. The molecule has 1 aliphatic rings. The minimum absolute atomic E-state index is 0.0594. The zero-order valence-corrected chi connectivity index (χ0v) is 8.18. The molecule has 1 N–H and O–H groups in total. The highest BCUT2D eigenvalue weighted by molar-refractivity contribution is 6.01. The second kappa shape index (κ2) is 3.49. The van der Waals surface area contributed by atoms with Gasteiger partial charge in [-0.25, -0.2) is 8.78 Å². The standard InChI is InChI=1S/C10H10F2N2O/c1-2-14-5-8(15)13-7-4-3-6(11)9(12)10(7)14/h3-4H,2,5H2,1H3,(H,13,15). The Hall–Kier alpha value is -1.65. The molecule has 0 bridgehead atoms. The minimum atomic E-state index is -0.908. The summed E-state index contributed by atoms with van der Waals surface area (Å²) in [5, 5.41) is 2.50. The number of hydrogen-bond donors (Lipinski definition) is 1. The number of carbonyl (C=O) groups is 1. The van der Waals surface area contributed by atoms with E-state index in [0.717, 1.165) is 6.07 Å². The van der Waals surface area contributed by atoms with Crippen LogP contribution in [-0.2, 0) is 4.79 Å². The molecule has 5 heteroatoms. The van der Waals surface area contributed by atoms with Crippen molar-refractivity contribution < 1.29 is 13.6 Å². The highest BCUT2D eigenvalue weighted by atomic mass is 19.2.